The third-order valence-electron chi connectivity index (χ3n) is 4.64. The summed E-state index contributed by atoms with van der Waals surface area (Å²) in [5, 5.41) is 14.9. The number of aryl methyl sites for hydroxylation is 1. The number of carbonyl (C=O) groups excluding carboxylic acids is 1. The Bertz CT molecular complexity index is 1300. The number of carbonyl (C=O) groups is 1. The number of thioether (sulfide) groups is 1. The summed E-state index contributed by atoms with van der Waals surface area (Å²) < 4.78 is 51.6. The summed E-state index contributed by atoms with van der Waals surface area (Å²) in [5.74, 6) is 1.27. The average molecular weight is 489 g/mol. The summed E-state index contributed by atoms with van der Waals surface area (Å²) in [6, 6.07) is 13.3. The number of rotatable bonds is 7. The molecule has 176 valence electrons. The maximum absolute atomic E-state index is 13.4. The molecule has 1 amide bonds. The lowest BCUT2D eigenvalue weighted by Crippen LogP contribution is -2.15. The second-order valence-electron chi connectivity index (χ2n) is 7.08. The first-order valence-corrected chi connectivity index (χ1v) is 10.9. The predicted molar refractivity (Wildman–Crippen MR) is 119 cm³/mol. The SMILES string of the molecule is COc1ccc(-c2nnc(SCC(=O)Nc3cc(C)on3)n2-c2cccc(C(F)(F)F)c2)cc1. The zero-order chi connectivity index (χ0) is 24.3. The summed E-state index contributed by atoms with van der Waals surface area (Å²) in [7, 11) is 1.53. The van der Waals surface area contributed by atoms with E-state index in [2.05, 4.69) is 20.7 Å². The van der Waals surface area contributed by atoms with Gasteiger partial charge in [-0.1, -0.05) is 23.0 Å². The van der Waals surface area contributed by atoms with E-state index in [4.69, 9.17) is 9.26 Å². The van der Waals surface area contributed by atoms with Gasteiger partial charge in [0.15, 0.2) is 16.8 Å². The quantitative estimate of drug-likeness (QED) is 0.366. The fourth-order valence-electron chi connectivity index (χ4n) is 3.08. The van der Waals surface area contributed by atoms with Gasteiger partial charge in [-0.2, -0.15) is 13.2 Å². The van der Waals surface area contributed by atoms with Gasteiger partial charge >= 0.3 is 6.18 Å². The van der Waals surface area contributed by atoms with Crippen molar-refractivity contribution in [1.29, 1.82) is 0 Å². The number of amides is 1. The molecule has 4 rings (SSSR count). The first-order chi connectivity index (χ1) is 16.2. The summed E-state index contributed by atoms with van der Waals surface area (Å²) in [6.45, 7) is 1.69. The van der Waals surface area contributed by atoms with Crippen LogP contribution in [0.3, 0.4) is 0 Å². The molecular formula is C22H18F3N5O3S. The molecule has 8 nitrogen and oxygen atoms in total. The number of anilines is 1. The van der Waals surface area contributed by atoms with E-state index in [1.807, 2.05) is 0 Å². The molecule has 0 unspecified atom stereocenters. The van der Waals surface area contributed by atoms with Crippen LogP contribution in [0.1, 0.15) is 11.3 Å². The van der Waals surface area contributed by atoms with Crippen molar-refractivity contribution in [3.63, 3.8) is 0 Å². The molecule has 0 bridgehead atoms. The Kier molecular flexibility index (Phi) is 6.59. The van der Waals surface area contributed by atoms with Gasteiger partial charge in [-0.25, -0.2) is 0 Å². The van der Waals surface area contributed by atoms with Gasteiger partial charge in [0.2, 0.25) is 5.91 Å². The molecule has 2 aromatic carbocycles. The summed E-state index contributed by atoms with van der Waals surface area (Å²) in [6.07, 6.45) is -4.52. The van der Waals surface area contributed by atoms with Gasteiger partial charge in [-0.3, -0.25) is 9.36 Å². The van der Waals surface area contributed by atoms with E-state index >= 15 is 0 Å². The van der Waals surface area contributed by atoms with Crippen molar-refractivity contribution in [3.8, 4) is 22.8 Å². The van der Waals surface area contributed by atoms with Crippen LogP contribution in [-0.2, 0) is 11.0 Å². The number of methoxy groups -OCH3 is 1. The first-order valence-electron chi connectivity index (χ1n) is 9.88. The van der Waals surface area contributed by atoms with Crippen molar-refractivity contribution in [2.45, 2.75) is 18.3 Å². The normalized spacial score (nSPS) is 11.4. The van der Waals surface area contributed by atoms with E-state index in [1.165, 1.54) is 23.8 Å². The molecule has 0 aliphatic heterocycles. The van der Waals surface area contributed by atoms with E-state index in [9.17, 15) is 18.0 Å². The van der Waals surface area contributed by atoms with Crippen LogP contribution in [0.25, 0.3) is 17.1 Å². The van der Waals surface area contributed by atoms with Crippen LogP contribution in [0.5, 0.6) is 5.75 Å². The van der Waals surface area contributed by atoms with Crippen LogP contribution in [0.2, 0.25) is 0 Å². The predicted octanol–water partition coefficient (Wildman–Crippen LogP) is 4.99. The molecule has 0 aliphatic rings. The fraction of sp³-hybridized carbons (Fsp3) is 0.182. The van der Waals surface area contributed by atoms with E-state index in [-0.39, 0.29) is 28.3 Å². The maximum Gasteiger partial charge on any atom is 0.416 e. The van der Waals surface area contributed by atoms with Crippen LogP contribution >= 0.6 is 11.8 Å². The minimum Gasteiger partial charge on any atom is -0.497 e. The summed E-state index contributed by atoms with van der Waals surface area (Å²) in [4.78, 5) is 12.3. The average Bonchev–Trinajstić information content (AvgIpc) is 3.43. The lowest BCUT2D eigenvalue weighted by Gasteiger charge is -2.13. The van der Waals surface area contributed by atoms with E-state index in [0.29, 0.717) is 22.9 Å². The molecule has 0 fully saturated rings. The molecule has 0 saturated carbocycles. The Balaban J connectivity index is 1.67. The van der Waals surface area contributed by atoms with E-state index < -0.39 is 11.7 Å². The van der Waals surface area contributed by atoms with Gasteiger partial charge in [0.25, 0.3) is 0 Å². The zero-order valence-electron chi connectivity index (χ0n) is 18.0. The van der Waals surface area contributed by atoms with Crippen LogP contribution < -0.4 is 10.1 Å². The smallest absolute Gasteiger partial charge is 0.416 e. The molecule has 0 radical (unpaired) electrons. The highest BCUT2D eigenvalue weighted by Gasteiger charge is 2.31. The van der Waals surface area contributed by atoms with Gasteiger partial charge < -0.3 is 14.6 Å². The standard InChI is InChI=1S/C22H18F3N5O3S/c1-13-10-18(29-33-13)26-19(31)12-34-21-28-27-20(14-6-8-17(32-2)9-7-14)30(21)16-5-3-4-15(11-16)22(23,24)25/h3-11H,12H2,1-2H3,(H,26,29,31). The molecule has 4 aromatic rings. The van der Waals surface area contributed by atoms with Crippen molar-refractivity contribution in [1.82, 2.24) is 19.9 Å². The second kappa shape index (κ2) is 9.59. The van der Waals surface area contributed by atoms with Gasteiger partial charge in [0.05, 0.1) is 24.1 Å². The summed E-state index contributed by atoms with van der Waals surface area (Å²) >= 11 is 1.03. The van der Waals surface area contributed by atoms with Crippen molar-refractivity contribution in [2.75, 3.05) is 18.2 Å². The highest BCUT2D eigenvalue weighted by Crippen LogP contribution is 2.33. The first kappa shape index (κ1) is 23.4. The zero-order valence-corrected chi connectivity index (χ0v) is 18.8. The number of alkyl halides is 3. The largest absolute Gasteiger partial charge is 0.497 e. The number of aromatic nitrogens is 4. The molecular weight excluding hydrogens is 471 g/mol. The molecule has 0 aliphatic carbocycles. The third kappa shape index (κ3) is 5.22. The number of hydrogen-bond acceptors (Lipinski definition) is 7. The maximum atomic E-state index is 13.4. The van der Waals surface area contributed by atoms with Crippen LogP contribution in [0.4, 0.5) is 19.0 Å². The topological polar surface area (TPSA) is 95.1 Å². The molecule has 2 aromatic heterocycles. The van der Waals surface area contributed by atoms with E-state index in [1.54, 1.807) is 37.3 Å². The van der Waals surface area contributed by atoms with E-state index in [0.717, 1.165) is 23.9 Å². The Morgan fingerprint density at radius 2 is 1.91 bits per heavy atom. The van der Waals surface area contributed by atoms with Crippen molar-refractivity contribution in [3.05, 3.63) is 65.9 Å². The second-order valence-corrected chi connectivity index (χ2v) is 8.02. The third-order valence-corrected chi connectivity index (χ3v) is 5.57. The Morgan fingerprint density at radius 1 is 1.15 bits per heavy atom. The number of benzene rings is 2. The highest BCUT2D eigenvalue weighted by atomic mass is 32.2. The molecule has 2 heterocycles. The monoisotopic (exact) mass is 489 g/mol. The van der Waals surface area contributed by atoms with Crippen molar-refractivity contribution >= 4 is 23.5 Å². The lowest BCUT2D eigenvalue weighted by atomic mass is 10.1. The molecule has 0 atom stereocenters. The van der Waals surface area contributed by atoms with Crippen molar-refractivity contribution in [2.24, 2.45) is 0 Å². The molecule has 34 heavy (non-hydrogen) atoms. The van der Waals surface area contributed by atoms with Crippen LogP contribution in [0.15, 0.2) is 64.3 Å². The number of nitrogens with zero attached hydrogens (tertiary/aromatic N) is 4. The highest BCUT2D eigenvalue weighted by molar-refractivity contribution is 7.99. The number of hydrogen-bond donors (Lipinski definition) is 1. The minimum absolute atomic E-state index is 0.0778. The number of halogens is 3. The van der Waals surface area contributed by atoms with Gasteiger partial charge in [-0.15, -0.1) is 10.2 Å². The van der Waals surface area contributed by atoms with Crippen molar-refractivity contribution < 1.29 is 27.2 Å². The molecule has 12 heteroatoms. The Morgan fingerprint density at radius 3 is 2.56 bits per heavy atom. The van der Waals surface area contributed by atoms with Gasteiger partial charge in [0, 0.05) is 11.6 Å². The van der Waals surface area contributed by atoms with Crippen LogP contribution in [-0.4, -0.2) is 38.7 Å². The molecule has 0 spiro atoms. The number of ether oxygens (including phenoxy) is 1. The van der Waals surface area contributed by atoms with Crippen LogP contribution in [0, 0.1) is 6.92 Å². The number of nitrogens with one attached hydrogen (secondary N) is 1. The Labute approximate surface area is 196 Å². The summed E-state index contributed by atoms with van der Waals surface area (Å²) in [5.41, 5.74) is 0.00948. The lowest BCUT2D eigenvalue weighted by molar-refractivity contribution is -0.137. The minimum atomic E-state index is -4.52. The Hall–Kier alpha value is -3.80. The fourth-order valence-corrected chi connectivity index (χ4v) is 3.83. The van der Waals surface area contributed by atoms with Gasteiger partial charge in [-0.05, 0) is 49.4 Å². The molecule has 0 saturated heterocycles. The van der Waals surface area contributed by atoms with Gasteiger partial charge in [0.1, 0.15) is 11.5 Å². The molecule has 1 N–H and O–H groups in total.